The van der Waals surface area contributed by atoms with Crippen LogP contribution in [0.5, 0.6) is 0 Å². The van der Waals surface area contributed by atoms with Crippen LogP contribution in [0.4, 0.5) is 23.5 Å². The van der Waals surface area contributed by atoms with E-state index in [1.54, 1.807) is 0 Å². The van der Waals surface area contributed by atoms with E-state index in [0.717, 1.165) is 12.3 Å². The third-order valence-corrected chi connectivity index (χ3v) is 2.05. The summed E-state index contributed by atoms with van der Waals surface area (Å²) in [4.78, 5) is 8.34. The molecular formula is C8H7F4N3. The second kappa shape index (κ2) is 3.32. The smallest absolute Gasteiger partial charge is 0.335 e. The third-order valence-electron chi connectivity index (χ3n) is 2.05. The molecule has 0 amide bonds. The Hall–Kier alpha value is -1.40. The minimum atomic E-state index is -4.49. The lowest BCUT2D eigenvalue weighted by Gasteiger charge is -2.34. The molecule has 0 spiro atoms. The summed E-state index contributed by atoms with van der Waals surface area (Å²) >= 11 is 0. The van der Waals surface area contributed by atoms with Crippen LogP contribution in [0, 0.1) is 0 Å². The second-order valence-corrected chi connectivity index (χ2v) is 3.24. The highest BCUT2D eigenvalue weighted by molar-refractivity contribution is 5.35. The normalized spacial score (nSPS) is 17.7. The highest BCUT2D eigenvalue weighted by Gasteiger charge is 2.35. The number of anilines is 1. The summed E-state index contributed by atoms with van der Waals surface area (Å²) in [6, 6.07) is 0.788. The summed E-state index contributed by atoms with van der Waals surface area (Å²) < 4.78 is 49.2. The molecule has 2 rings (SSSR count). The Labute approximate surface area is 82.7 Å². The topological polar surface area (TPSA) is 29.0 Å². The van der Waals surface area contributed by atoms with Crippen molar-refractivity contribution in [3.8, 4) is 0 Å². The molecule has 0 N–H and O–H groups in total. The lowest BCUT2D eigenvalue weighted by molar-refractivity contribution is -0.141. The molecule has 1 fully saturated rings. The summed E-state index contributed by atoms with van der Waals surface area (Å²) in [6.45, 7) is 0.114. The van der Waals surface area contributed by atoms with Crippen molar-refractivity contribution in [1.82, 2.24) is 9.97 Å². The molecule has 0 unspecified atom stereocenters. The Balaban J connectivity index is 2.20. The number of rotatable bonds is 1. The van der Waals surface area contributed by atoms with Gasteiger partial charge in [0.2, 0.25) is 5.95 Å². The van der Waals surface area contributed by atoms with E-state index in [4.69, 9.17) is 0 Å². The van der Waals surface area contributed by atoms with Gasteiger partial charge in [0, 0.05) is 6.20 Å². The predicted molar refractivity (Wildman–Crippen MR) is 44.1 cm³/mol. The van der Waals surface area contributed by atoms with E-state index in [1.165, 1.54) is 4.90 Å². The van der Waals surface area contributed by atoms with Gasteiger partial charge in [0.15, 0.2) is 0 Å². The predicted octanol–water partition coefficient (Wildman–Crippen LogP) is 1.65. The SMILES string of the molecule is FC1CN(c2nccc(C(F)(F)F)n2)C1. The zero-order chi connectivity index (χ0) is 11.1. The van der Waals surface area contributed by atoms with Crippen LogP contribution in [0.25, 0.3) is 0 Å². The van der Waals surface area contributed by atoms with Crippen molar-refractivity contribution in [3.63, 3.8) is 0 Å². The Morgan fingerprint density at radius 2 is 2.00 bits per heavy atom. The van der Waals surface area contributed by atoms with Crippen molar-refractivity contribution < 1.29 is 17.6 Å². The van der Waals surface area contributed by atoms with Gasteiger partial charge in [-0.3, -0.25) is 0 Å². The van der Waals surface area contributed by atoms with Gasteiger partial charge in [0.25, 0.3) is 0 Å². The van der Waals surface area contributed by atoms with Gasteiger partial charge in [-0.05, 0) is 6.07 Å². The number of alkyl halides is 4. The number of halogens is 4. The van der Waals surface area contributed by atoms with E-state index in [-0.39, 0.29) is 19.0 Å². The number of hydrogen-bond acceptors (Lipinski definition) is 3. The molecule has 0 aromatic carbocycles. The fraction of sp³-hybridized carbons (Fsp3) is 0.500. The summed E-state index contributed by atoms with van der Waals surface area (Å²) in [6.07, 6.45) is -4.46. The molecule has 1 aliphatic rings. The molecule has 1 aromatic rings. The van der Waals surface area contributed by atoms with Gasteiger partial charge in [-0.25, -0.2) is 14.4 Å². The maximum Gasteiger partial charge on any atom is 0.433 e. The zero-order valence-corrected chi connectivity index (χ0v) is 7.50. The summed E-state index contributed by atoms with van der Waals surface area (Å²) in [5, 5.41) is 0. The lowest BCUT2D eigenvalue weighted by atomic mass is 10.2. The first-order chi connectivity index (χ1) is 6.97. The average Bonchev–Trinajstić information content (AvgIpc) is 2.12. The molecule has 1 aromatic heterocycles. The minimum Gasteiger partial charge on any atom is -0.335 e. The first-order valence-electron chi connectivity index (χ1n) is 4.26. The van der Waals surface area contributed by atoms with Crippen LogP contribution < -0.4 is 4.90 Å². The molecule has 82 valence electrons. The summed E-state index contributed by atoms with van der Waals surface area (Å²) in [5.74, 6) is -0.0706. The Morgan fingerprint density at radius 1 is 1.33 bits per heavy atom. The number of hydrogen-bond donors (Lipinski definition) is 0. The first-order valence-corrected chi connectivity index (χ1v) is 4.26. The van der Waals surface area contributed by atoms with Crippen LogP contribution in [0.1, 0.15) is 5.69 Å². The maximum atomic E-state index is 12.5. The van der Waals surface area contributed by atoms with Gasteiger partial charge in [-0.1, -0.05) is 0 Å². The molecular weight excluding hydrogens is 214 g/mol. The fourth-order valence-electron chi connectivity index (χ4n) is 1.25. The molecule has 15 heavy (non-hydrogen) atoms. The van der Waals surface area contributed by atoms with E-state index < -0.39 is 18.0 Å². The third kappa shape index (κ3) is 2.00. The Kier molecular flexibility index (Phi) is 2.24. The average molecular weight is 221 g/mol. The van der Waals surface area contributed by atoms with Crippen molar-refractivity contribution in [2.45, 2.75) is 12.3 Å². The molecule has 1 aliphatic heterocycles. The van der Waals surface area contributed by atoms with E-state index in [2.05, 4.69) is 9.97 Å². The van der Waals surface area contributed by atoms with Gasteiger partial charge in [0.05, 0.1) is 13.1 Å². The molecule has 1 saturated heterocycles. The van der Waals surface area contributed by atoms with Crippen LogP contribution >= 0.6 is 0 Å². The zero-order valence-electron chi connectivity index (χ0n) is 7.50. The van der Waals surface area contributed by atoms with Crippen LogP contribution in [-0.2, 0) is 6.18 Å². The van der Waals surface area contributed by atoms with Crippen molar-refractivity contribution in [1.29, 1.82) is 0 Å². The first kappa shape index (κ1) is 10.1. The van der Waals surface area contributed by atoms with E-state index >= 15 is 0 Å². The highest BCUT2D eigenvalue weighted by Crippen LogP contribution is 2.28. The van der Waals surface area contributed by atoms with E-state index in [1.807, 2.05) is 0 Å². The van der Waals surface area contributed by atoms with E-state index in [9.17, 15) is 17.6 Å². The van der Waals surface area contributed by atoms with Gasteiger partial charge in [0.1, 0.15) is 11.9 Å². The van der Waals surface area contributed by atoms with Crippen LogP contribution in [0.15, 0.2) is 12.3 Å². The minimum absolute atomic E-state index is 0.0569. The van der Waals surface area contributed by atoms with Gasteiger partial charge in [-0.15, -0.1) is 0 Å². The lowest BCUT2D eigenvalue weighted by Crippen LogP contribution is -2.49. The largest absolute Gasteiger partial charge is 0.433 e. The van der Waals surface area contributed by atoms with Crippen molar-refractivity contribution in [2.75, 3.05) is 18.0 Å². The Morgan fingerprint density at radius 3 is 2.53 bits per heavy atom. The monoisotopic (exact) mass is 221 g/mol. The Bertz CT molecular complexity index is 359. The van der Waals surface area contributed by atoms with Gasteiger partial charge < -0.3 is 4.90 Å². The van der Waals surface area contributed by atoms with Crippen LogP contribution in [0.2, 0.25) is 0 Å². The number of aromatic nitrogens is 2. The quantitative estimate of drug-likeness (QED) is 0.675. The molecule has 0 aliphatic carbocycles. The van der Waals surface area contributed by atoms with E-state index in [0.29, 0.717) is 0 Å². The molecule has 0 atom stereocenters. The van der Waals surface area contributed by atoms with Gasteiger partial charge in [-0.2, -0.15) is 13.2 Å². The molecule has 0 bridgehead atoms. The maximum absolute atomic E-state index is 12.5. The van der Waals surface area contributed by atoms with Crippen LogP contribution in [-0.4, -0.2) is 29.2 Å². The van der Waals surface area contributed by atoms with Gasteiger partial charge >= 0.3 is 6.18 Å². The van der Waals surface area contributed by atoms with Crippen LogP contribution in [0.3, 0.4) is 0 Å². The van der Waals surface area contributed by atoms with Crippen molar-refractivity contribution in [2.24, 2.45) is 0 Å². The number of nitrogens with zero attached hydrogens (tertiary/aromatic N) is 3. The second-order valence-electron chi connectivity index (χ2n) is 3.24. The fourth-order valence-corrected chi connectivity index (χ4v) is 1.25. The molecule has 3 nitrogen and oxygen atoms in total. The summed E-state index contributed by atoms with van der Waals surface area (Å²) in [5.41, 5.74) is -1.00. The molecule has 2 heterocycles. The standard InChI is InChI=1S/C8H7F4N3/c9-5-3-15(4-5)7-13-2-1-6(14-7)8(10,11)12/h1-2,5H,3-4H2. The van der Waals surface area contributed by atoms with Crippen molar-refractivity contribution >= 4 is 5.95 Å². The highest BCUT2D eigenvalue weighted by atomic mass is 19.4. The molecule has 0 radical (unpaired) electrons. The summed E-state index contributed by atoms with van der Waals surface area (Å²) in [7, 11) is 0. The molecule has 0 saturated carbocycles. The van der Waals surface area contributed by atoms with Crippen molar-refractivity contribution in [3.05, 3.63) is 18.0 Å². The molecule has 7 heteroatoms.